The lowest BCUT2D eigenvalue weighted by atomic mass is 10.2. The van der Waals surface area contributed by atoms with Crippen LogP contribution in [0.2, 0.25) is 0 Å². The van der Waals surface area contributed by atoms with E-state index in [2.05, 4.69) is 19.9 Å². The number of imidazole rings is 1. The molecule has 29 heavy (non-hydrogen) atoms. The second kappa shape index (κ2) is 7.09. The quantitative estimate of drug-likeness (QED) is 0.471. The first kappa shape index (κ1) is 16.9. The molecule has 6 heteroatoms. The van der Waals surface area contributed by atoms with Gasteiger partial charge in [0, 0.05) is 16.9 Å². The van der Waals surface area contributed by atoms with Gasteiger partial charge in [-0.1, -0.05) is 66.7 Å². The van der Waals surface area contributed by atoms with Crippen molar-refractivity contribution < 1.29 is 0 Å². The molecule has 0 bridgehead atoms. The van der Waals surface area contributed by atoms with Gasteiger partial charge < -0.3 is 4.98 Å². The number of para-hydroxylation sites is 2. The number of benzene rings is 3. The molecule has 0 saturated carbocycles. The van der Waals surface area contributed by atoms with Crippen LogP contribution in [0.4, 0.5) is 17.3 Å². The van der Waals surface area contributed by atoms with Gasteiger partial charge in [0.1, 0.15) is 5.82 Å². The second-order valence-electron chi connectivity index (χ2n) is 6.55. The Labute approximate surface area is 166 Å². The SMILES string of the molecule is O=c1[nH]c(N(c2ccccc2)c2ccccc2)nc2nc(-c3ccccc3)[nH]c12. The van der Waals surface area contributed by atoms with Gasteiger partial charge in [0.15, 0.2) is 11.2 Å². The maximum absolute atomic E-state index is 12.8. The predicted octanol–water partition coefficient (Wildman–Crippen LogP) is 4.78. The smallest absolute Gasteiger partial charge is 0.278 e. The van der Waals surface area contributed by atoms with Crippen LogP contribution in [0.25, 0.3) is 22.6 Å². The zero-order valence-corrected chi connectivity index (χ0v) is 15.4. The van der Waals surface area contributed by atoms with Crippen molar-refractivity contribution in [2.24, 2.45) is 0 Å². The van der Waals surface area contributed by atoms with Gasteiger partial charge in [-0.15, -0.1) is 0 Å². The molecule has 0 aliphatic rings. The van der Waals surface area contributed by atoms with E-state index in [4.69, 9.17) is 0 Å². The van der Waals surface area contributed by atoms with E-state index in [9.17, 15) is 4.79 Å². The lowest BCUT2D eigenvalue weighted by Gasteiger charge is -2.23. The molecule has 0 fully saturated rings. The Bertz CT molecular complexity index is 1270. The highest BCUT2D eigenvalue weighted by molar-refractivity contribution is 5.79. The van der Waals surface area contributed by atoms with Gasteiger partial charge in [0.2, 0.25) is 5.95 Å². The summed E-state index contributed by atoms with van der Waals surface area (Å²) in [7, 11) is 0. The molecule has 140 valence electrons. The van der Waals surface area contributed by atoms with E-state index in [-0.39, 0.29) is 5.56 Å². The van der Waals surface area contributed by atoms with E-state index in [1.165, 1.54) is 0 Å². The maximum Gasteiger partial charge on any atom is 0.278 e. The molecule has 6 nitrogen and oxygen atoms in total. The summed E-state index contributed by atoms with van der Waals surface area (Å²) in [6, 6.07) is 29.2. The van der Waals surface area contributed by atoms with Crippen LogP contribution in [0.1, 0.15) is 0 Å². The third kappa shape index (κ3) is 3.17. The first-order valence-electron chi connectivity index (χ1n) is 9.25. The number of hydrogen-bond acceptors (Lipinski definition) is 4. The molecule has 0 aliphatic heterocycles. The van der Waals surface area contributed by atoms with Crippen molar-refractivity contribution in [3.8, 4) is 11.4 Å². The minimum absolute atomic E-state index is 0.267. The highest BCUT2D eigenvalue weighted by Gasteiger charge is 2.18. The molecule has 0 atom stereocenters. The zero-order valence-electron chi connectivity index (χ0n) is 15.4. The Morgan fingerprint density at radius 1 is 0.655 bits per heavy atom. The van der Waals surface area contributed by atoms with E-state index < -0.39 is 0 Å². The summed E-state index contributed by atoms with van der Waals surface area (Å²) in [5, 5.41) is 0. The lowest BCUT2D eigenvalue weighted by Crippen LogP contribution is -2.18. The van der Waals surface area contributed by atoms with Crippen LogP contribution in [0, 0.1) is 0 Å². The molecule has 2 aromatic heterocycles. The first-order chi connectivity index (χ1) is 14.3. The average molecular weight is 379 g/mol. The molecular formula is C23H17N5O. The number of hydrogen-bond donors (Lipinski definition) is 2. The summed E-state index contributed by atoms with van der Waals surface area (Å²) < 4.78 is 0. The molecule has 0 aliphatic carbocycles. The van der Waals surface area contributed by atoms with Crippen LogP contribution >= 0.6 is 0 Å². The fourth-order valence-electron chi connectivity index (χ4n) is 3.28. The number of aromatic nitrogens is 4. The molecule has 5 aromatic rings. The van der Waals surface area contributed by atoms with E-state index >= 15 is 0 Å². The standard InChI is InChI=1S/C23H17N5O/c29-22-19-21(25-20(24-19)16-10-4-1-5-11-16)26-23(27-22)28(17-12-6-2-7-13-17)18-14-8-3-9-15-18/h1-15H,(H2,24,25,26,27,29). The van der Waals surface area contributed by atoms with Crippen molar-refractivity contribution in [2.75, 3.05) is 4.90 Å². The Balaban J connectivity index is 1.69. The van der Waals surface area contributed by atoms with Crippen LogP contribution in [0.5, 0.6) is 0 Å². The van der Waals surface area contributed by atoms with Crippen molar-refractivity contribution in [1.82, 2.24) is 19.9 Å². The Hall–Kier alpha value is -4.19. The minimum atomic E-state index is -0.267. The highest BCUT2D eigenvalue weighted by Crippen LogP contribution is 2.31. The monoisotopic (exact) mass is 379 g/mol. The minimum Gasteiger partial charge on any atom is -0.332 e. The van der Waals surface area contributed by atoms with Crippen LogP contribution in [0.15, 0.2) is 95.8 Å². The van der Waals surface area contributed by atoms with Crippen molar-refractivity contribution in [3.63, 3.8) is 0 Å². The van der Waals surface area contributed by atoms with Crippen molar-refractivity contribution in [1.29, 1.82) is 0 Å². The summed E-state index contributed by atoms with van der Waals surface area (Å²) in [6.07, 6.45) is 0. The van der Waals surface area contributed by atoms with E-state index in [0.717, 1.165) is 16.9 Å². The zero-order chi connectivity index (χ0) is 19.6. The summed E-state index contributed by atoms with van der Waals surface area (Å²) in [4.78, 5) is 29.9. The van der Waals surface area contributed by atoms with Gasteiger partial charge in [-0.25, -0.2) is 4.98 Å². The number of anilines is 3. The van der Waals surface area contributed by atoms with E-state index in [0.29, 0.717) is 22.9 Å². The van der Waals surface area contributed by atoms with Crippen LogP contribution < -0.4 is 10.5 Å². The van der Waals surface area contributed by atoms with Crippen LogP contribution in [-0.4, -0.2) is 19.9 Å². The third-order valence-electron chi connectivity index (χ3n) is 4.64. The number of fused-ring (bicyclic) bond motifs is 1. The number of H-pyrrole nitrogens is 2. The lowest BCUT2D eigenvalue weighted by molar-refractivity contribution is 1.07. The largest absolute Gasteiger partial charge is 0.332 e. The summed E-state index contributed by atoms with van der Waals surface area (Å²) >= 11 is 0. The second-order valence-corrected chi connectivity index (χ2v) is 6.55. The van der Waals surface area contributed by atoms with E-state index in [1.54, 1.807) is 0 Å². The van der Waals surface area contributed by atoms with Gasteiger partial charge in [-0.3, -0.25) is 14.7 Å². The Kier molecular flexibility index (Phi) is 4.14. The average Bonchev–Trinajstić information content (AvgIpc) is 3.21. The van der Waals surface area contributed by atoms with Gasteiger partial charge in [0.25, 0.3) is 5.56 Å². The molecular weight excluding hydrogens is 362 g/mol. The Morgan fingerprint density at radius 3 is 1.79 bits per heavy atom. The van der Waals surface area contributed by atoms with Gasteiger partial charge in [-0.05, 0) is 24.3 Å². The third-order valence-corrected chi connectivity index (χ3v) is 4.64. The molecule has 0 unspecified atom stereocenters. The number of rotatable bonds is 4. The molecule has 0 saturated heterocycles. The molecule has 0 amide bonds. The number of nitrogens with zero attached hydrogens (tertiary/aromatic N) is 3. The van der Waals surface area contributed by atoms with Crippen molar-refractivity contribution >= 4 is 28.5 Å². The van der Waals surface area contributed by atoms with Crippen molar-refractivity contribution in [2.45, 2.75) is 0 Å². The molecule has 3 aromatic carbocycles. The van der Waals surface area contributed by atoms with Crippen molar-refractivity contribution in [3.05, 3.63) is 101 Å². The summed E-state index contributed by atoms with van der Waals surface area (Å²) in [5.74, 6) is 1.02. The molecule has 0 spiro atoms. The van der Waals surface area contributed by atoms with Gasteiger partial charge >= 0.3 is 0 Å². The maximum atomic E-state index is 12.8. The number of nitrogens with one attached hydrogen (secondary N) is 2. The normalized spacial score (nSPS) is 10.9. The van der Waals surface area contributed by atoms with Gasteiger partial charge in [-0.2, -0.15) is 4.98 Å². The summed E-state index contributed by atoms with van der Waals surface area (Å²) in [6.45, 7) is 0. The fourth-order valence-corrected chi connectivity index (χ4v) is 3.28. The topological polar surface area (TPSA) is 77.7 Å². The summed E-state index contributed by atoms with van der Waals surface area (Å²) in [5.41, 5.74) is 3.14. The van der Waals surface area contributed by atoms with E-state index in [1.807, 2.05) is 95.9 Å². The molecule has 2 N–H and O–H groups in total. The van der Waals surface area contributed by atoms with Gasteiger partial charge in [0.05, 0.1) is 0 Å². The first-order valence-corrected chi connectivity index (χ1v) is 9.25. The fraction of sp³-hybridized carbons (Fsp3) is 0. The molecule has 5 rings (SSSR count). The predicted molar refractivity (Wildman–Crippen MR) is 115 cm³/mol. The highest BCUT2D eigenvalue weighted by atomic mass is 16.1. The van der Waals surface area contributed by atoms with Crippen LogP contribution in [-0.2, 0) is 0 Å². The Morgan fingerprint density at radius 2 is 1.21 bits per heavy atom. The number of aromatic amines is 2. The molecule has 0 radical (unpaired) electrons. The molecule has 2 heterocycles. The van der Waals surface area contributed by atoms with Crippen LogP contribution in [0.3, 0.4) is 0 Å².